The third kappa shape index (κ3) is 2.18. The summed E-state index contributed by atoms with van der Waals surface area (Å²) in [4.78, 5) is 12.2. The highest BCUT2D eigenvalue weighted by atomic mass is 16.5. The quantitative estimate of drug-likeness (QED) is 0.402. The summed E-state index contributed by atoms with van der Waals surface area (Å²) in [6.07, 6.45) is 0. The molecule has 0 bridgehead atoms. The van der Waals surface area contributed by atoms with Crippen molar-refractivity contribution < 1.29 is 19.5 Å². The van der Waals surface area contributed by atoms with Gasteiger partial charge in [-0.1, -0.05) is 29.4 Å². The molecule has 0 amide bonds. The lowest BCUT2D eigenvalue weighted by Crippen LogP contribution is -2.12. The first kappa shape index (κ1) is 13.9. The number of benzene rings is 2. The van der Waals surface area contributed by atoms with Gasteiger partial charge in [0.2, 0.25) is 5.78 Å². The van der Waals surface area contributed by atoms with Gasteiger partial charge in [0.15, 0.2) is 0 Å². The van der Waals surface area contributed by atoms with E-state index in [9.17, 15) is 4.79 Å². The van der Waals surface area contributed by atoms with Crippen LogP contribution >= 0.6 is 0 Å². The van der Waals surface area contributed by atoms with E-state index >= 15 is 0 Å². The van der Waals surface area contributed by atoms with E-state index in [1.807, 2.05) is 24.3 Å². The van der Waals surface area contributed by atoms with Gasteiger partial charge in [-0.3, -0.25) is 4.79 Å². The molecule has 0 aliphatic carbocycles. The van der Waals surface area contributed by atoms with Crippen molar-refractivity contribution in [1.29, 1.82) is 0 Å². The molecule has 0 atom stereocenters. The number of rotatable bonds is 4. The van der Waals surface area contributed by atoms with Crippen molar-refractivity contribution >= 4 is 22.3 Å². The molecule has 20 heavy (non-hydrogen) atoms. The van der Waals surface area contributed by atoms with Crippen LogP contribution in [0.4, 0.5) is 0 Å². The predicted molar refractivity (Wildman–Crippen MR) is 76.3 cm³/mol. The fraction of sp³-hybridized carbons (Fsp3) is 0.200. The van der Waals surface area contributed by atoms with Crippen LogP contribution in [0, 0.1) is 0 Å². The second-order valence-corrected chi connectivity index (χ2v) is 4.22. The Balaban J connectivity index is 2.81. The van der Waals surface area contributed by atoms with Crippen LogP contribution in [-0.4, -0.2) is 30.9 Å². The molecular formula is C15H15NO4. The van der Waals surface area contributed by atoms with Gasteiger partial charge in [0.1, 0.15) is 17.2 Å². The van der Waals surface area contributed by atoms with Crippen LogP contribution in [-0.2, 0) is 0 Å². The molecular weight excluding hydrogens is 258 g/mol. The molecule has 2 aromatic carbocycles. The van der Waals surface area contributed by atoms with Crippen LogP contribution in [0.25, 0.3) is 10.8 Å². The fourth-order valence-corrected chi connectivity index (χ4v) is 2.11. The van der Waals surface area contributed by atoms with Gasteiger partial charge < -0.3 is 14.7 Å². The first-order chi connectivity index (χ1) is 9.63. The minimum absolute atomic E-state index is 0.0133. The van der Waals surface area contributed by atoms with Crippen molar-refractivity contribution in [3.05, 3.63) is 35.9 Å². The molecule has 2 rings (SSSR count). The average Bonchev–Trinajstić information content (AvgIpc) is 2.51. The summed E-state index contributed by atoms with van der Waals surface area (Å²) >= 11 is 0. The Bertz CT molecular complexity index is 692. The standard InChI is InChI=1S/C15H15NO4/c1-9(16-18)14(17)12-8-13(19-2)10-6-4-5-7-11(10)15(12)20-3/h4-8,18H,1-3H3. The number of ether oxygens (including phenoxy) is 2. The van der Waals surface area contributed by atoms with E-state index in [-0.39, 0.29) is 5.71 Å². The van der Waals surface area contributed by atoms with E-state index in [1.165, 1.54) is 21.1 Å². The highest BCUT2D eigenvalue weighted by Crippen LogP contribution is 2.36. The summed E-state index contributed by atoms with van der Waals surface area (Å²) in [5.41, 5.74) is 0.291. The fourth-order valence-electron chi connectivity index (χ4n) is 2.11. The summed E-state index contributed by atoms with van der Waals surface area (Å²) < 4.78 is 10.7. The van der Waals surface area contributed by atoms with Crippen molar-refractivity contribution in [3.63, 3.8) is 0 Å². The molecule has 5 nitrogen and oxygen atoms in total. The van der Waals surface area contributed by atoms with Gasteiger partial charge in [-0.2, -0.15) is 0 Å². The van der Waals surface area contributed by atoms with Gasteiger partial charge >= 0.3 is 0 Å². The Hall–Kier alpha value is -2.56. The molecule has 5 heteroatoms. The number of methoxy groups -OCH3 is 2. The number of ketones is 1. The first-order valence-electron chi connectivity index (χ1n) is 6.01. The SMILES string of the molecule is COc1cc(C(=O)C(C)=NO)c(OC)c2ccccc12. The largest absolute Gasteiger partial charge is 0.496 e. The molecule has 0 aliphatic rings. The maximum Gasteiger partial charge on any atom is 0.214 e. The van der Waals surface area contributed by atoms with Gasteiger partial charge in [-0.15, -0.1) is 0 Å². The zero-order chi connectivity index (χ0) is 14.7. The van der Waals surface area contributed by atoms with E-state index < -0.39 is 5.78 Å². The van der Waals surface area contributed by atoms with Gasteiger partial charge in [-0.25, -0.2) is 0 Å². The van der Waals surface area contributed by atoms with Gasteiger partial charge in [-0.05, 0) is 13.0 Å². The lowest BCUT2D eigenvalue weighted by atomic mass is 9.99. The van der Waals surface area contributed by atoms with E-state index in [2.05, 4.69) is 5.16 Å². The van der Waals surface area contributed by atoms with Crippen molar-refractivity contribution in [3.8, 4) is 11.5 Å². The molecule has 0 heterocycles. The Morgan fingerprint density at radius 3 is 2.35 bits per heavy atom. The van der Waals surface area contributed by atoms with Crippen LogP contribution < -0.4 is 9.47 Å². The monoisotopic (exact) mass is 273 g/mol. The summed E-state index contributed by atoms with van der Waals surface area (Å²) in [5.74, 6) is 0.596. The number of fused-ring (bicyclic) bond motifs is 1. The second-order valence-electron chi connectivity index (χ2n) is 4.22. The lowest BCUT2D eigenvalue weighted by Gasteiger charge is -2.14. The van der Waals surface area contributed by atoms with Crippen LogP contribution in [0.15, 0.2) is 35.5 Å². The van der Waals surface area contributed by atoms with Gasteiger partial charge in [0.25, 0.3) is 0 Å². The summed E-state index contributed by atoms with van der Waals surface area (Å²) in [5, 5.41) is 13.3. The summed E-state index contributed by atoms with van der Waals surface area (Å²) in [6, 6.07) is 9.06. The number of carbonyl (C=O) groups excluding carboxylic acids is 1. The third-order valence-corrected chi connectivity index (χ3v) is 3.10. The minimum atomic E-state index is -0.409. The summed E-state index contributed by atoms with van der Waals surface area (Å²) in [7, 11) is 3.03. The van der Waals surface area contributed by atoms with Crippen LogP contribution in [0.5, 0.6) is 11.5 Å². The molecule has 0 saturated carbocycles. The predicted octanol–water partition coefficient (Wildman–Crippen LogP) is 2.89. The van der Waals surface area contributed by atoms with Gasteiger partial charge in [0.05, 0.1) is 19.8 Å². The van der Waals surface area contributed by atoms with E-state index in [1.54, 1.807) is 6.07 Å². The molecule has 2 aromatic rings. The number of nitrogens with zero attached hydrogens (tertiary/aromatic N) is 1. The Labute approximate surface area is 116 Å². The van der Waals surface area contributed by atoms with Crippen molar-refractivity contribution in [2.45, 2.75) is 6.92 Å². The number of Topliss-reactive ketones (excluding diaryl/α,β-unsaturated/α-hetero) is 1. The number of oxime groups is 1. The molecule has 0 radical (unpaired) electrons. The zero-order valence-electron chi connectivity index (χ0n) is 11.5. The topological polar surface area (TPSA) is 68.1 Å². The van der Waals surface area contributed by atoms with Crippen molar-refractivity contribution in [1.82, 2.24) is 0 Å². The van der Waals surface area contributed by atoms with Crippen molar-refractivity contribution in [2.75, 3.05) is 14.2 Å². The zero-order valence-corrected chi connectivity index (χ0v) is 11.5. The Morgan fingerprint density at radius 1 is 1.15 bits per heavy atom. The Kier molecular flexibility index (Phi) is 3.89. The first-order valence-corrected chi connectivity index (χ1v) is 6.01. The van der Waals surface area contributed by atoms with E-state index in [4.69, 9.17) is 14.7 Å². The maximum absolute atomic E-state index is 12.2. The third-order valence-electron chi connectivity index (χ3n) is 3.10. The minimum Gasteiger partial charge on any atom is -0.496 e. The van der Waals surface area contributed by atoms with Crippen molar-refractivity contribution in [2.24, 2.45) is 5.16 Å². The summed E-state index contributed by atoms with van der Waals surface area (Å²) in [6.45, 7) is 1.43. The Morgan fingerprint density at radius 2 is 1.80 bits per heavy atom. The molecule has 0 unspecified atom stereocenters. The van der Waals surface area contributed by atoms with Crippen LogP contribution in [0.3, 0.4) is 0 Å². The number of carbonyl (C=O) groups is 1. The average molecular weight is 273 g/mol. The maximum atomic E-state index is 12.2. The second kappa shape index (κ2) is 5.61. The van der Waals surface area contributed by atoms with Gasteiger partial charge in [0, 0.05) is 10.8 Å². The van der Waals surface area contributed by atoms with Crippen LogP contribution in [0.1, 0.15) is 17.3 Å². The van der Waals surface area contributed by atoms with E-state index in [0.717, 1.165) is 10.8 Å². The van der Waals surface area contributed by atoms with Crippen LogP contribution in [0.2, 0.25) is 0 Å². The molecule has 0 aliphatic heterocycles. The lowest BCUT2D eigenvalue weighted by molar-refractivity contribution is 0.105. The highest BCUT2D eigenvalue weighted by Gasteiger charge is 2.20. The molecule has 104 valence electrons. The molecule has 0 spiro atoms. The molecule has 1 N–H and O–H groups in total. The molecule has 0 aromatic heterocycles. The normalized spacial score (nSPS) is 11.4. The molecule has 0 fully saturated rings. The highest BCUT2D eigenvalue weighted by molar-refractivity contribution is 6.46. The smallest absolute Gasteiger partial charge is 0.214 e. The number of hydrogen-bond acceptors (Lipinski definition) is 5. The number of hydrogen-bond donors (Lipinski definition) is 1. The molecule has 0 saturated heterocycles. The van der Waals surface area contributed by atoms with E-state index in [0.29, 0.717) is 17.1 Å².